The molecular formula is C15H19N3O2S. The monoisotopic (exact) mass is 305 g/mol. The van der Waals surface area contributed by atoms with Crippen LogP contribution in [0.5, 0.6) is 5.75 Å². The van der Waals surface area contributed by atoms with E-state index in [9.17, 15) is 4.79 Å². The highest BCUT2D eigenvalue weighted by molar-refractivity contribution is 7.22. The molecule has 1 fully saturated rings. The van der Waals surface area contributed by atoms with Gasteiger partial charge in [-0.05, 0) is 30.9 Å². The van der Waals surface area contributed by atoms with E-state index in [1.54, 1.807) is 7.11 Å². The van der Waals surface area contributed by atoms with Crippen LogP contribution < -0.4 is 15.8 Å². The van der Waals surface area contributed by atoms with Crippen LogP contribution in [0.1, 0.15) is 25.7 Å². The highest BCUT2D eigenvalue weighted by Crippen LogP contribution is 2.32. The summed E-state index contributed by atoms with van der Waals surface area (Å²) in [6.07, 6.45) is 3.67. The molecule has 0 saturated heterocycles. The number of methoxy groups -OCH3 is 1. The lowest BCUT2D eigenvalue weighted by atomic mass is 10.00. The van der Waals surface area contributed by atoms with Crippen molar-refractivity contribution >= 4 is 32.6 Å². The maximum atomic E-state index is 12.1. The fourth-order valence-corrected chi connectivity index (χ4v) is 3.77. The molecule has 0 bridgehead atoms. The van der Waals surface area contributed by atoms with E-state index in [0.29, 0.717) is 17.5 Å². The second-order valence-electron chi connectivity index (χ2n) is 5.43. The summed E-state index contributed by atoms with van der Waals surface area (Å²) in [5.41, 5.74) is 6.80. The molecule has 1 aliphatic rings. The van der Waals surface area contributed by atoms with Gasteiger partial charge in [-0.25, -0.2) is 4.98 Å². The Kier molecular flexibility index (Phi) is 4.07. The molecule has 0 unspecified atom stereocenters. The molecule has 1 heterocycles. The lowest BCUT2D eigenvalue weighted by Gasteiger charge is -2.13. The number of hydrogen-bond donors (Lipinski definition) is 2. The predicted octanol–water partition coefficient (Wildman–Crippen LogP) is 2.76. The zero-order valence-electron chi connectivity index (χ0n) is 12.0. The number of nitrogens with one attached hydrogen (secondary N) is 1. The summed E-state index contributed by atoms with van der Waals surface area (Å²) in [7, 11) is 1.62. The standard InChI is InChI=1S/C15H19N3O2S/c1-20-11-6-3-7-12-14(11)18-15(21-12)17-13(19)8-9-4-2-5-10(9)16/h3,6-7,9-10H,2,4-5,8,16H2,1H3,(H,17,18,19)/t9-,10+/m0/s1. The maximum Gasteiger partial charge on any atom is 0.226 e. The first-order chi connectivity index (χ1) is 10.2. The summed E-state index contributed by atoms with van der Waals surface area (Å²) in [5, 5.41) is 3.50. The van der Waals surface area contributed by atoms with Gasteiger partial charge in [0.2, 0.25) is 5.91 Å². The van der Waals surface area contributed by atoms with Crippen molar-refractivity contribution in [2.45, 2.75) is 31.7 Å². The van der Waals surface area contributed by atoms with Crippen LogP contribution in [0, 0.1) is 5.92 Å². The van der Waals surface area contributed by atoms with Crippen LogP contribution >= 0.6 is 11.3 Å². The van der Waals surface area contributed by atoms with Gasteiger partial charge in [-0.1, -0.05) is 23.8 Å². The first-order valence-electron chi connectivity index (χ1n) is 7.16. The molecule has 0 spiro atoms. The number of ether oxygens (including phenoxy) is 1. The third-order valence-electron chi connectivity index (χ3n) is 4.01. The SMILES string of the molecule is COc1cccc2sc(NC(=O)C[C@@H]3CCC[C@H]3N)nc12. The van der Waals surface area contributed by atoms with Gasteiger partial charge in [0.25, 0.3) is 0 Å². The Hall–Kier alpha value is -1.66. The Balaban J connectivity index is 1.71. The molecule has 0 aliphatic heterocycles. The normalized spacial score (nSPS) is 21.6. The van der Waals surface area contributed by atoms with Crippen molar-refractivity contribution < 1.29 is 9.53 Å². The Bertz CT molecular complexity index is 655. The second-order valence-corrected chi connectivity index (χ2v) is 6.46. The highest BCUT2D eigenvalue weighted by Gasteiger charge is 2.26. The number of para-hydroxylation sites is 1. The molecule has 3 rings (SSSR count). The van der Waals surface area contributed by atoms with Crippen molar-refractivity contribution in [1.29, 1.82) is 0 Å². The van der Waals surface area contributed by atoms with Gasteiger partial charge in [0, 0.05) is 12.5 Å². The molecule has 6 heteroatoms. The average Bonchev–Trinajstić information content (AvgIpc) is 3.04. The summed E-state index contributed by atoms with van der Waals surface area (Å²) < 4.78 is 6.28. The molecule has 2 atom stereocenters. The fourth-order valence-electron chi connectivity index (χ4n) is 2.87. The molecule has 1 aromatic carbocycles. The number of anilines is 1. The number of amides is 1. The third kappa shape index (κ3) is 3.01. The van der Waals surface area contributed by atoms with E-state index >= 15 is 0 Å². The molecule has 5 nitrogen and oxygen atoms in total. The molecule has 112 valence electrons. The zero-order chi connectivity index (χ0) is 14.8. The van der Waals surface area contributed by atoms with Gasteiger partial charge in [0.15, 0.2) is 5.13 Å². The zero-order valence-corrected chi connectivity index (χ0v) is 12.8. The number of fused-ring (bicyclic) bond motifs is 1. The quantitative estimate of drug-likeness (QED) is 0.910. The minimum Gasteiger partial charge on any atom is -0.494 e. The van der Waals surface area contributed by atoms with Gasteiger partial charge in [-0.3, -0.25) is 4.79 Å². The minimum absolute atomic E-state index is 0.00428. The second kappa shape index (κ2) is 5.99. The topological polar surface area (TPSA) is 77.2 Å². The van der Waals surface area contributed by atoms with Crippen LogP contribution in [0.15, 0.2) is 18.2 Å². The molecule has 1 aromatic heterocycles. The van der Waals surface area contributed by atoms with Crippen molar-refractivity contribution in [3.63, 3.8) is 0 Å². The molecule has 3 N–H and O–H groups in total. The molecule has 2 aromatic rings. The summed E-state index contributed by atoms with van der Waals surface area (Å²) in [6, 6.07) is 5.91. The van der Waals surface area contributed by atoms with Crippen LogP contribution in [-0.2, 0) is 4.79 Å². The van der Waals surface area contributed by atoms with Gasteiger partial charge < -0.3 is 15.8 Å². The van der Waals surface area contributed by atoms with Crippen LogP contribution in [0.2, 0.25) is 0 Å². The first-order valence-corrected chi connectivity index (χ1v) is 7.98. The number of carbonyl (C=O) groups is 1. The van der Waals surface area contributed by atoms with E-state index in [1.165, 1.54) is 11.3 Å². The lowest BCUT2D eigenvalue weighted by Crippen LogP contribution is -2.28. The van der Waals surface area contributed by atoms with Crippen LogP contribution in [0.25, 0.3) is 10.2 Å². The Labute approximate surface area is 127 Å². The van der Waals surface area contributed by atoms with Crippen molar-refractivity contribution in [2.75, 3.05) is 12.4 Å². The van der Waals surface area contributed by atoms with E-state index in [-0.39, 0.29) is 11.9 Å². The van der Waals surface area contributed by atoms with E-state index in [2.05, 4.69) is 10.3 Å². The first kappa shape index (κ1) is 14.3. The lowest BCUT2D eigenvalue weighted by molar-refractivity contribution is -0.117. The van der Waals surface area contributed by atoms with Gasteiger partial charge in [0.1, 0.15) is 11.3 Å². The molecule has 1 aliphatic carbocycles. The third-order valence-corrected chi connectivity index (χ3v) is 4.95. The molecule has 1 amide bonds. The van der Waals surface area contributed by atoms with Crippen LogP contribution in [0.3, 0.4) is 0 Å². The molecular weight excluding hydrogens is 286 g/mol. The number of nitrogens with zero attached hydrogens (tertiary/aromatic N) is 1. The predicted molar refractivity (Wildman–Crippen MR) is 84.7 cm³/mol. The summed E-state index contributed by atoms with van der Waals surface area (Å²) >= 11 is 1.46. The van der Waals surface area contributed by atoms with E-state index in [4.69, 9.17) is 10.5 Å². The fraction of sp³-hybridized carbons (Fsp3) is 0.467. The largest absolute Gasteiger partial charge is 0.494 e. The number of hydrogen-bond acceptors (Lipinski definition) is 5. The molecule has 1 saturated carbocycles. The number of benzene rings is 1. The summed E-state index contributed by atoms with van der Waals surface area (Å²) in [5.74, 6) is 1.02. The van der Waals surface area contributed by atoms with E-state index < -0.39 is 0 Å². The maximum absolute atomic E-state index is 12.1. The van der Waals surface area contributed by atoms with Crippen LogP contribution in [0.4, 0.5) is 5.13 Å². The van der Waals surface area contributed by atoms with Gasteiger partial charge in [-0.15, -0.1) is 0 Å². The molecule has 0 radical (unpaired) electrons. The van der Waals surface area contributed by atoms with Gasteiger partial charge in [-0.2, -0.15) is 0 Å². The van der Waals surface area contributed by atoms with Crippen molar-refractivity contribution in [1.82, 2.24) is 4.98 Å². The Morgan fingerprint density at radius 3 is 3.10 bits per heavy atom. The number of nitrogens with two attached hydrogens (primary N) is 1. The summed E-state index contributed by atoms with van der Waals surface area (Å²) in [4.78, 5) is 16.6. The number of thiazole rings is 1. The molecule has 21 heavy (non-hydrogen) atoms. The average molecular weight is 305 g/mol. The van der Waals surface area contributed by atoms with Gasteiger partial charge >= 0.3 is 0 Å². The Morgan fingerprint density at radius 1 is 1.52 bits per heavy atom. The highest BCUT2D eigenvalue weighted by atomic mass is 32.1. The van der Waals surface area contributed by atoms with Crippen molar-refractivity contribution in [3.05, 3.63) is 18.2 Å². The van der Waals surface area contributed by atoms with E-state index in [0.717, 1.165) is 35.2 Å². The number of aromatic nitrogens is 1. The van der Waals surface area contributed by atoms with Crippen molar-refractivity contribution in [3.8, 4) is 5.75 Å². The Morgan fingerprint density at radius 2 is 2.38 bits per heavy atom. The number of rotatable bonds is 4. The summed E-state index contributed by atoms with van der Waals surface area (Å²) in [6.45, 7) is 0. The van der Waals surface area contributed by atoms with Gasteiger partial charge in [0.05, 0.1) is 11.8 Å². The number of carbonyl (C=O) groups excluding carboxylic acids is 1. The minimum atomic E-state index is -0.00428. The van der Waals surface area contributed by atoms with Crippen molar-refractivity contribution in [2.24, 2.45) is 11.7 Å². The van der Waals surface area contributed by atoms with Crippen LogP contribution in [-0.4, -0.2) is 24.0 Å². The van der Waals surface area contributed by atoms with E-state index in [1.807, 2.05) is 18.2 Å². The smallest absolute Gasteiger partial charge is 0.226 e.